The van der Waals surface area contributed by atoms with Crippen LogP contribution >= 0.6 is 0 Å². The van der Waals surface area contributed by atoms with Crippen molar-refractivity contribution in [1.29, 1.82) is 0 Å². The quantitative estimate of drug-likeness (QED) is 0.138. The summed E-state index contributed by atoms with van der Waals surface area (Å²) in [6, 6.07) is 157. The number of rotatable bonds is 9. The standard InChI is InChI=1S/3C36H24N2/c1-5-19-33-29(15-1)30-16-2-6-20-34(30)37(33)27-13-9-11-25(23-27)26-12-10-14-28(24-26)38-35-21-7-3-17-31(35)32-18-4-8-22-36(32)38;1-2-12-27(13-3-1)37-33-18-7-6-17-31(33)32-22-21-26(24-36(32)37)25-11-10-14-28(23-25)38-34-19-8-4-15-29(34)30-16-5-9-20-35(30)38;1-2-12-27(13-3-1)37-35-20-9-6-17-31(35)32-24-26(21-22-36(32)37)25-11-10-14-28(23-25)38-33-18-7-4-15-29(33)30-16-5-8-19-34(30)38/h3*1-24H. The highest BCUT2D eigenvalue weighted by Gasteiger charge is 2.21. The second-order valence-corrected chi connectivity index (χ2v) is 29.5. The minimum Gasteiger partial charge on any atom is -0.309 e. The Morgan fingerprint density at radius 1 is 0.0965 bits per heavy atom. The summed E-state index contributed by atoms with van der Waals surface area (Å²) in [5, 5.41) is 15.3. The first-order valence-corrected chi connectivity index (χ1v) is 39.1. The van der Waals surface area contributed by atoms with Gasteiger partial charge in [-0.05, 0) is 185 Å². The summed E-state index contributed by atoms with van der Waals surface area (Å²) in [7, 11) is 0. The maximum absolute atomic E-state index is 2.38. The Labute approximate surface area is 658 Å². The summed E-state index contributed by atoms with van der Waals surface area (Å²) in [5.41, 5.74) is 29.0. The van der Waals surface area contributed by atoms with E-state index in [0.717, 1.165) is 0 Å². The highest BCUT2D eigenvalue weighted by atomic mass is 15.0. The van der Waals surface area contributed by atoms with Gasteiger partial charge in [0.2, 0.25) is 0 Å². The summed E-state index contributed by atoms with van der Waals surface area (Å²) < 4.78 is 14.3. The van der Waals surface area contributed by atoms with Crippen LogP contribution in [0.4, 0.5) is 0 Å². The molecule has 6 aromatic heterocycles. The molecule has 18 aromatic carbocycles. The fourth-order valence-electron chi connectivity index (χ4n) is 18.1. The molecule has 0 bridgehead atoms. The lowest BCUT2D eigenvalue weighted by molar-refractivity contribution is 1.17. The molecule has 114 heavy (non-hydrogen) atoms. The zero-order chi connectivity index (χ0) is 75.2. The maximum Gasteiger partial charge on any atom is 0.0547 e. The number of hydrogen-bond acceptors (Lipinski definition) is 0. The van der Waals surface area contributed by atoms with Gasteiger partial charge in [-0.15, -0.1) is 0 Å². The third kappa shape index (κ3) is 10.9. The molecule has 6 nitrogen and oxygen atoms in total. The Balaban J connectivity index is 0.000000104. The molecule has 24 rings (SSSR count). The van der Waals surface area contributed by atoms with Gasteiger partial charge in [-0.2, -0.15) is 0 Å². The van der Waals surface area contributed by atoms with Gasteiger partial charge in [-0.25, -0.2) is 0 Å². The molecule has 0 saturated heterocycles. The molecule has 0 spiro atoms. The number of para-hydroxylation sites is 12. The van der Waals surface area contributed by atoms with Gasteiger partial charge in [-0.3, -0.25) is 0 Å². The van der Waals surface area contributed by atoms with Gasteiger partial charge in [-0.1, -0.05) is 285 Å². The van der Waals surface area contributed by atoms with Gasteiger partial charge in [0.15, 0.2) is 0 Å². The van der Waals surface area contributed by atoms with Gasteiger partial charge in [0, 0.05) is 98.8 Å². The van der Waals surface area contributed by atoms with Crippen molar-refractivity contribution in [3.8, 4) is 67.5 Å². The molecule has 0 saturated carbocycles. The molecule has 0 N–H and O–H groups in total. The van der Waals surface area contributed by atoms with E-state index in [2.05, 4.69) is 464 Å². The van der Waals surface area contributed by atoms with Gasteiger partial charge in [0.05, 0.1) is 66.2 Å². The predicted octanol–water partition coefficient (Wildman–Crippen LogP) is 28.6. The molecule has 0 aliphatic heterocycles. The fourth-order valence-corrected chi connectivity index (χ4v) is 18.1. The van der Waals surface area contributed by atoms with Crippen LogP contribution in [0, 0.1) is 0 Å². The molecular weight excluding hydrogens is 1380 g/mol. The molecule has 6 heteroatoms. The number of aromatic nitrogens is 6. The Hall–Kier alpha value is -15.2. The van der Waals surface area contributed by atoms with Crippen LogP contribution in [-0.4, -0.2) is 27.4 Å². The summed E-state index contributed by atoms with van der Waals surface area (Å²) >= 11 is 0. The lowest BCUT2D eigenvalue weighted by Gasteiger charge is -2.12. The Morgan fingerprint density at radius 3 is 0.561 bits per heavy atom. The van der Waals surface area contributed by atoms with E-state index in [1.54, 1.807) is 0 Å². The molecule has 534 valence electrons. The van der Waals surface area contributed by atoms with E-state index in [0.29, 0.717) is 0 Å². The lowest BCUT2D eigenvalue weighted by atomic mass is 10.0. The van der Waals surface area contributed by atoms with Crippen LogP contribution in [0.3, 0.4) is 0 Å². The third-order valence-corrected chi connectivity index (χ3v) is 23.1. The minimum absolute atomic E-state index is 1.17. The second-order valence-electron chi connectivity index (χ2n) is 29.5. The number of hydrogen-bond donors (Lipinski definition) is 0. The molecule has 0 radical (unpaired) electrons. The molecule has 24 aromatic rings. The summed E-state index contributed by atoms with van der Waals surface area (Å²) in [6.45, 7) is 0. The van der Waals surface area contributed by atoms with E-state index < -0.39 is 0 Å². The highest BCUT2D eigenvalue weighted by Crippen LogP contribution is 2.42. The van der Waals surface area contributed by atoms with Crippen LogP contribution in [0.5, 0.6) is 0 Å². The first kappa shape index (κ1) is 65.8. The van der Waals surface area contributed by atoms with Crippen LogP contribution < -0.4 is 0 Å². The van der Waals surface area contributed by atoms with Crippen molar-refractivity contribution < 1.29 is 0 Å². The average Bonchev–Trinajstić information content (AvgIpc) is 1.61. The third-order valence-electron chi connectivity index (χ3n) is 23.1. The monoisotopic (exact) mass is 1450 g/mol. The Kier molecular flexibility index (Phi) is 15.8. The average molecular weight is 1450 g/mol. The molecular formula is C108H72N6. The van der Waals surface area contributed by atoms with Crippen molar-refractivity contribution in [2.45, 2.75) is 0 Å². The van der Waals surface area contributed by atoms with Gasteiger partial charge >= 0.3 is 0 Å². The summed E-state index contributed by atoms with van der Waals surface area (Å²) in [4.78, 5) is 0. The molecule has 0 unspecified atom stereocenters. The number of fused-ring (bicyclic) bond motifs is 18. The zero-order valence-corrected chi connectivity index (χ0v) is 62.3. The first-order chi connectivity index (χ1) is 56.6. The topological polar surface area (TPSA) is 29.6 Å². The molecule has 0 amide bonds. The van der Waals surface area contributed by atoms with Crippen LogP contribution in [0.2, 0.25) is 0 Å². The van der Waals surface area contributed by atoms with Crippen LogP contribution in [0.25, 0.3) is 198 Å². The highest BCUT2D eigenvalue weighted by molar-refractivity contribution is 6.15. The van der Waals surface area contributed by atoms with E-state index >= 15 is 0 Å². The predicted molar refractivity (Wildman–Crippen MR) is 482 cm³/mol. The molecule has 0 fully saturated rings. The summed E-state index contributed by atoms with van der Waals surface area (Å²) in [6.07, 6.45) is 0. The van der Waals surface area contributed by atoms with Crippen molar-refractivity contribution in [1.82, 2.24) is 27.4 Å². The number of benzene rings is 18. The van der Waals surface area contributed by atoms with E-state index in [9.17, 15) is 0 Å². The summed E-state index contributed by atoms with van der Waals surface area (Å²) in [5.74, 6) is 0. The molecule has 0 atom stereocenters. The van der Waals surface area contributed by atoms with E-state index in [1.807, 2.05) is 0 Å². The number of nitrogens with zero attached hydrogens (tertiary/aromatic N) is 6. The lowest BCUT2D eigenvalue weighted by Crippen LogP contribution is -1.95. The van der Waals surface area contributed by atoms with Gasteiger partial charge in [0.25, 0.3) is 0 Å². The van der Waals surface area contributed by atoms with E-state index in [-0.39, 0.29) is 0 Å². The maximum atomic E-state index is 2.38. The van der Waals surface area contributed by atoms with Crippen LogP contribution in [0.15, 0.2) is 437 Å². The molecule has 0 aliphatic carbocycles. The van der Waals surface area contributed by atoms with Crippen LogP contribution in [-0.2, 0) is 0 Å². The van der Waals surface area contributed by atoms with E-state index in [1.165, 1.54) is 198 Å². The van der Waals surface area contributed by atoms with Crippen molar-refractivity contribution in [2.24, 2.45) is 0 Å². The van der Waals surface area contributed by atoms with E-state index in [4.69, 9.17) is 0 Å². The van der Waals surface area contributed by atoms with Crippen molar-refractivity contribution >= 4 is 131 Å². The van der Waals surface area contributed by atoms with Crippen LogP contribution in [0.1, 0.15) is 0 Å². The normalized spacial score (nSPS) is 11.7. The second kappa shape index (κ2) is 27.4. The zero-order valence-electron chi connectivity index (χ0n) is 62.3. The molecule has 0 aliphatic rings. The van der Waals surface area contributed by atoms with Crippen molar-refractivity contribution in [3.63, 3.8) is 0 Å². The SMILES string of the molecule is c1cc(-c2cccc(-n3c4ccccc4c4ccccc43)c2)cc(-n2c3ccccc3c3ccccc32)c1.c1ccc(-n2c3ccccc3c3cc(-c4cccc(-n5c6ccccc6c6ccccc65)c4)ccc32)cc1.c1ccc(-n2c3ccccc3c3ccc(-c4cccc(-n5c6ccccc6c6ccccc65)c4)cc32)cc1. The smallest absolute Gasteiger partial charge is 0.0547 e. The van der Waals surface area contributed by atoms with Gasteiger partial charge < -0.3 is 27.4 Å². The van der Waals surface area contributed by atoms with Crippen molar-refractivity contribution in [2.75, 3.05) is 0 Å². The fraction of sp³-hybridized carbons (Fsp3) is 0. The Bertz CT molecular complexity index is 7500. The largest absolute Gasteiger partial charge is 0.309 e. The Morgan fingerprint density at radius 2 is 0.281 bits per heavy atom. The first-order valence-electron chi connectivity index (χ1n) is 39.1. The van der Waals surface area contributed by atoms with Gasteiger partial charge in [0.1, 0.15) is 0 Å². The van der Waals surface area contributed by atoms with Crippen molar-refractivity contribution in [3.05, 3.63) is 437 Å². The molecule has 6 heterocycles. The minimum atomic E-state index is 1.17.